The molecule has 0 radical (unpaired) electrons. The van der Waals surface area contributed by atoms with E-state index < -0.39 is 0 Å². The molecule has 0 aliphatic carbocycles. The van der Waals surface area contributed by atoms with Crippen molar-refractivity contribution in [3.05, 3.63) is 81.8 Å². The highest BCUT2D eigenvalue weighted by Gasteiger charge is 2.07. The average Bonchev–Trinajstić information content (AvgIpc) is 3.01. The number of hydrogen-bond donors (Lipinski definition) is 1. The summed E-state index contributed by atoms with van der Waals surface area (Å²) in [6, 6.07) is 15.7. The van der Waals surface area contributed by atoms with Crippen LogP contribution in [-0.4, -0.2) is 6.54 Å². The van der Waals surface area contributed by atoms with Gasteiger partial charge in [-0.3, -0.25) is 0 Å². The fraction of sp³-hybridized carbons (Fsp3) is 0.158. The summed E-state index contributed by atoms with van der Waals surface area (Å²) in [6.07, 6.45) is 0.831. The van der Waals surface area contributed by atoms with Crippen LogP contribution in [0.3, 0.4) is 0 Å². The second-order valence-corrected chi connectivity index (χ2v) is 6.35. The van der Waals surface area contributed by atoms with Crippen molar-refractivity contribution in [2.24, 2.45) is 0 Å². The molecule has 0 saturated heterocycles. The number of furan rings is 1. The van der Waals surface area contributed by atoms with Gasteiger partial charge in [-0.25, -0.2) is 4.39 Å². The Balaban J connectivity index is 0.00000225. The van der Waals surface area contributed by atoms with E-state index in [0.717, 1.165) is 35.6 Å². The van der Waals surface area contributed by atoms with Crippen LogP contribution in [0, 0.1) is 5.82 Å². The first-order valence-electron chi connectivity index (χ1n) is 7.60. The van der Waals surface area contributed by atoms with Crippen molar-refractivity contribution in [2.75, 3.05) is 6.54 Å². The number of benzene rings is 2. The summed E-state index contributed by atoms with van der Waals surface area (Å²) >= 11 is 12.0. The molecule has 0 spiro atoms. The van der Waals surface area contributed by atoms with E-state index >= 15 is 0 Å². The molecule has 25 heavy (non-hydrogen) atoms. The zero-order valence-electron chi connectivity index (χ0n) is 13.3. The van der Waals surface area contributed by atoms with E-state index in [-0.39, 0.29) is 18.2 Å². The Morgan fingerprint density at radius 3 is 2.28 bits per heavy atom. The molecule has 3 aromatic rings. The normalized spacial score (nSPS) is 10.5. The SMILES string of the molecule is Cl.Fc1ccc(CCNCc2ccc(-c3cc(Cl)cc(Cl)c3)o2)cc1. The second kappa shape index (κ2) is 9.25. The van der Waals surface area contributed by atoms with Gasteiger partial charge in [-0.2, -0.15) is 0 Å². The molecule has 0 amide bonds. The number of hydrogen-bond acceptors (Lipinski definition) is 2. The molecule has 6 heteroatoms. The summed E-state index contributed by atoms with van der Waals surface area (Å²) in [5.41, 5.74) is 1.95. The predicted octanol–water partition coefficient (Wildman–Crippen LogP) is 6.15. The Bertz CT molecular complexity index is 798. The lowest BCUT2D eigenvalue weighted by atomic mass is 10.1. The third-order valence-electron chi connectivity index (χ3n) is 3.61. The molecule has 1 aromatic heterocycles. The van der Waals surface area contributed by atoms with E-state index in [0.29, 0.717) is 16.6 Å². The van der Waals surface area contributed by atoms with Gasteiger partial charge in [0.05, 0.1) is 6.54 Å². The maximum absolute atomic E-state index is 12.8. The maximum Gasteiger partial charge on any atom is 0.134 e. The molecule has 0 saturated carbocycles. The van der Waals surface area contributed by atoms with Crippen molar-refractivity contribution in [1.82, 2.24) is 5.32 Å². The van der Waals surface area contributed by atoms with Gasteiger partial charge in [-0.15, -0.1) is 12.4 Å². The highest BCUT2D eigenvalue weighted by Crippen LogP contribution is 2.28. The summed E-state index contributed by atoms with van der Waals surface area (Å²) in [5.74, 6) is 1.35. The van der Waals surface area contributed by atoms with Crippen molar-refractivity contribution in [1.29, 1.82) is 0 Å². The molecule has 0 atom stereocenters. The fourth-order valence-electron chi connectivity index (χ4n) is 2.42. The van der Waals surface area contributed by atoms with Crippen LogP contribution in [0.15, 0.2) is 59.0 Å². The van der Waals surface area contributed by atoms with E-state index in [4.69, 9.17) is 27.6 Å². The molecule has 1 N–H and O–H groups in total. The van der Waals surface area contributed by atoms with Gasteiger partial charge in [0, 0.05) is 15.6 Å². The third kappa shape index (κ3) is 5.75. The molecule has 0 unspecified atom stereocenters. The molecule has 0 aliphatic rings. The minimum atomic E-state index is -0.212. The molecule has 0 fully saturated rings. The minimum Gasteiger partial charge on any atom is -0.460 e. The largest absolute Gasteiger partial charge is 0.460 e. The lowest BCUT2D eigenvalue weighted by Crippen LogP contribution is -2.16. The summed E-state index contributed by atoms with van der Waals surface area (Å²) in [5, 5.41) is 4.47. The smallest absolute Gasteiger partial charge is 0.134 e. The maximum atomic E-state index is 12.8. The molecule has 2 nitrogen and oxygen atoms in total. The molecule has 0 aliphatic heterocycles. The van der Waals surface area contributed by atoms with Crippen LogP contribution in [-0.2, 0) is 13.0 Å². The monoisotopic (exact) mass is 399 g/mol. The van der Waals surface area contributed by atoms with Crippen molar-refractivity contribution < 1.29 is 8.81 Å². The van der Waals surface area contributed by atoms with Gasteiger partial charge in [0.15, 0.2) is 0 Å². The first-order chi connectivity index (χ1) is 11.6. The van der Waals surface area contributed by atoms with E-state index in [1.54, 1.807) is 18.2 Å². The molecular weight excluding hydrogens is 384 g/mol. The van der Waals surface area contributed by atoms with E-state index in [2.05, 4.69) is 5.32 Å². The lowest BCUT2D eigenvalue weighted by Gasteiger charge is -2.04. The highest BCUT2D eigenvalue weighted by molar-refractivity contribution is 6.35. The number of nitrogens with one attached hydrogen (secondary N) is 1. The van der Waals surface area contributed by atoms with Crippen molar-refractivity contribution in [2.45, 2.75) is 13.0 Å². The average molecular weight is 401 g/mol. The van der Waals surface area contributed by atoms with E-state index in [1.165, 1.54) is 12.1 Å². The van der Waals surface area contributed by atoms with Crippen LogP contribution < -0.4 is 5.32 Å². The van der Waals surface area contributed by atoms with Crippen LogP contribution in [0.1, 0.15) is 11.3 Å². The van der Waals surface area contributed by atoms with Crippen molar-refractivity contribution in [3.8, 4) is 11.3 Å². The second-order valence-electron chi connectivity index (χ2n) is 5.48. The Morgan fingerprint density at radius 2 is 1.60 bits per heavy atom. The molecule has 0 bridgehead atoms. The van der Waals surface area contributed by atoms with Crippen molar-refractivity contribution >= 4 is 35.6 Å². The first kappa shape index (κ1) is 19.8. The van der Waals surface area contributed by atoms with Crippen LogP contribution in [0.2, 0.25) is 10.0 Å². The van der Waals surface area contributed by atoms with E-state index in [1.807, 2.05) is 24.3 Å². The fourth-order valence-corrected chi connectivity index (χ4v) is 2.95. The number of halogens is 4. The van der Waals surface area contributed by atoms with Crippen LogP contribution in [0.25, 0.3) is 11.3 Å². The molecule has 1 heterocycles. The van der Waals surface area contributed by atoms with Gasteiger partial charge in [-0.1, -0.05) is 35.3 Å². The highest BCUT2D eigenvalue weighted by atomic mass is 35.5. The summed E-state index contributed by atoms with van der Waals surface area (Å²) in [7, 11) is 0. The summed E-state index contributed by atoms with van der Waals surface area (Å²) in [6.45, 7) is 1.40. The Morgan fingerprint density at radius 1 is 0.920 bits per heavy atom. The number of rotatable bonds is 6. The zero-order valence-corrected chi connectivity index (χ0v) is 15.6. The van der Waals surface area contributed by atoms with Gasteiger partial charge < -0.3 is 9.73 Å². The topological polar surface area (TPSA) is 25.2 Å². The minimum absolute atomic E-state index is 0. The first-order valence-corrected chi connectivity index (χ1v) is 8.36. The lowest BCUT2D eigenvalue weighted by molar-refractivity contribution is 0.494. The van der Waals surface area contributed by atoms with Crippen LogP contribution in [0.5, 0.6) is 0 Å². The summed E-state index contributed by atoms with van der Waals surface area (Å²) in [4.78, 5) is 0. The quantitative estimate of drug-likeness (QED) is 0.502. The molecule has 132 valence electrons. The Labute approximate surface area is 162 Å². The molecule has 2 aromatic carbocycles. The Hall–Kier alpha value is -1.52. The standard InChI is InChI=1S/C19H16Cl2FNO.ClH/c20-15-9-14(10-16(21)11-15)19-6-5-18(24-19)12-23-8-7-13-1-3-17(22)4-2-13;/h1-6,9-11,23H,7-8,12H2;1H. The summed E-state index contributed by atoms with van der Waals surface area (Å²) < 4.78 is 18.7. The van der Waals surface area contributed by atoms with Crippen LogP contribution >= 0.6 is 35.6 Å². The zero-order chi connectivity index (χ0) is 16.9. The van der Waals surface area contributed by atoms with Gasteiger partial charge >= 0.3 is 0 Å². The molecule has 3 rings (SSSR count). The third-order valence-corrected chi connectivity index (χ3v) is 4.05. The predicted molar refractivity (Wildman–Crippen MR) is 103 cm³/mol. The van der Waals surface area contributed by atoms with Crippen LogP contribution in [0.4, 0.5) is 4.39 Å². The van der Waals surface area contributed by atoms with Gasteiger partial charge in [-0.05, 0) is 61.0 Å². The van der Waals surface area contributed by atoms with Gasteiger partial charge in [0.1, 0.15) is 17.3 Å². The van der Waals surface area contributed by atoms with Gasteiger partial charge in [0.25, 0.3) is 0 Å². The van der Waals surface area contributed by atoms with E-state index in [9.17, 15) is 4.39 Å². The van der Waals surface area contributed by atoms with Crippen molar-refractivity contribution in [3.63, 3.8) is 0 Å². The van der Waals surface area contributed by atoms with Gasteiger partial charge in [0.2, 0.25) is 0 Å². The Kier molecular flexibility index (Phi) is 7.33. The molecular formula is C19H17Cl3FNO.